The smallest absolute Gasteiger partial charge is 0.268 e. The largest absolute Gasteiger partial charge is 0.490 e. The number of aromatic nitrogens is 1. The molecule has 3 aromatic rings. The van der Waals surface area contributed by atoms with Crippen molar-refractivity contribution in [2.75, 3.05) is 13.1 Å². The summed E-state index contributed by atoms with van der Waals surface area (Å²) in [4.78, 5) is 29.8. The molecule has 2 atom stereocenters. The molecular weight excluding hydrogens is 464 g/mol. The number of fused-ring (bicyclic) bond motifs is 1. The number of carbonyl (C=O) groups is 2. The van der Waals surface area contributed by atoms with Crippen LogP contribution in [0, 0.1) is 12.8 Å². The zero-order chi connectivity index (χ0) is 25.8. The van der Waals surface area contributed by atoms with Crippen LogP contribution in [0.5, 0.6) is 5.75 Å². The first-order valence-electron chi connectivity index (χ1n) is 13.6. The fourth-order valence-electron chi connectivity index (χ4n) is 5.16. The van der Waals surface area contributed by atoms with E-state index in [4.69, 9.17) is 4.74 Å². The topological polar surface area (TPSA) is 95.2 Å². The van der Waals surface area contributed by atoms with Gasteiger partial charge in [0.05, 0.1) is 6.04 Å². The molecule has 5 rings (SSSR count). The molecule has 1 saturated carbocycles. The Bertz CT molecular complexity index is 1230. The van der Waals surface area contributed by atoms with Crippen LogP contribution in [0.4, 0.5) is 0 Å². The Balaban J connectivity index is 1.22. The number of rotatable bonds is 10. The number of piperidine rings is 1. The van der Waals surface area contributed by atoms with Gasteiger partial charge in [-0.05, 0) is 87.9 Å². The number of ether oxygens (including phenoxy) is 1. The first-order valence-corrected chi connectivity index (χ1v) is 13.6. The molecule has 0 bridgehead atoms. The van der Waals surface area contributed by atoms with Gasteiger partial charge in [-0.2, -0.15) is 0 Å². The summed E-state index contributed by atoms with van der Waals surface area (Å²) in [6.07, 6.45) is 6.29. The molecule has 2 fully saturated rings. The lowest BCUT2D eigenvalue weighted by Gasteiger charge is -2.24. The summed E-state index contributed by atoms with van der Waals surface area (Å²) in [6, 6.07) is 15.1. The summed E-state index contributed by atoms with van der Waals surface area (Å²) in [5.41, 5.74) is 3.34. The Morgan fingerprint density at radius 1 is 1.00 bits per heavy atom. The minimum absolute atomic E-state index is 0.148. The Morgan fingerprint density at radius 2 is 1.73 bits per heavy atom. The maximum Gasteiger partial charge on any atom is 0.268 e. The number of H-pyrrole nitrogens is 1. The Kier molecular flexibility index (Phi) is 7.79. The Hall–Kier alpha value is -3.32. The highest BCUT2D eigenvalue weighted by atomic mass is 16.5. The van der Waals surface area contributed by atoms with E-state index < -0.39 is 6.04 Å². The van der Waals surface area contributed by atoms with Crippen molar-refractivity contribution in [1.29, 1.82) is 0 Å². The molecule has 0 spiro atoms. The van der Waals surface area contributed by atoms with Crippen LogP contribution in [-0.2, 0) is 4.79 Å². The highest BCUT2D eigenvalue weighted by Gasteiger charge is 2.28. The highest BCUT2D eigenvalue weighted by Crippen LogP contribution is 2.34. The molecular formula is C30H38N4O3. The highest BCUT2D eigenvalue weighted by molar-refractivity contribution is 6.02. The number of aryl methyl sites for hydroxylation is 1. The third-order valence-electron chi connectivity index (χ3n) is 7.70. The van der Waals surface area contributed by atoms with Crippen molar-refractivity contribution in [2.24, 2.45) is 5.92 Å². The Morgan fingerprint density at radius 3 is 2.43 bits per heavy atom. The van der Waals surface area contributed by atoms with Crippen LogP contribution in [0.15, 0.2) is 48.5 Å². The van der Waals surface area contributed by atoms with Gasteiger partial charge >= 0.3 is 0 Å². The van der Waals surface area contributed by atoms with Gasteiger partial charge in [-0.1, -0.05) is 43.2 Å². The third-order valence-corrected chi connectivity index (χ3v) is 7.70. The molecule has 2 amide bonds. The monoisotopic (exact) mass is 502 g/mol. The SMILES string of the molecule is Cc1c(C(=O)N[C@@H](CCC2CC2)C(=O)NC(C)c2ccc(OC3CCNCC3)cc2)[nH]c2ccccc12. The second-order valence-electron chi connectivity index (χ2n) is 10.6. The minimum atomic E-state index is -0.580. The van der Waals surface area contributed by atoms with Gasteiger partial charge in [0.15, 0.2) is 0 Å². The molecule has 1 aliphatic heterocycles. The predicted molar refractivity (Wildman–Crippen MR) is 146 cm³/mol. The normalized spacial score (nSPS) is 17.8. The average molecular weight is 503 g/mol. The molecule has 0 radical (unpaired) electrons. The average Bonchev–Trinajstić information content (AvgIpc) is 3.69. The molecule has 2 aromatic carbocycles. The van der Waals surface area contributed by atoms with Crippen LogP contribution in [0.1, 0.15) is 73.1 Å². The van der Waals surface area contributed by atoms with Crippen LogP contribution in [0.3, 0.4) is 0 Å². The van der Waals surface area contributed by atoms with Crippen molar-refractivity contribution in [1.82, 2.24) is 20.9 Å². The van der Waals surface area contributed by atoms with Crippen molar-refractivity contribution >= 4 is 22.7 Å². The number of para-hydroxylation sites is 1. The van der Waals surface area contributed by atoms with E-state index in [1.165, 1.54) is 12.8 Å². The van der Waals surface area contributed by atoms with Gasteiger partial charge in [-0.3, -0.25) is 9.59 Å². The Labute approximate surface area is 218 Å². The summed E-state index contributed by atoms with van der Waals surface area (Å²) >= 11 is 0. The first-order chi connectivity index (χ1) is 18.0. The number of benzene rings is 2. The van der Waals surface area contributed by atoms with Crippen molar-refractivity contribution in [3.8, 4) is 5.75 Å². The number of hydrogen-bond acceptors (Lipinski definition) is 4. The van der Waals surface area contributed by atoms with E-state index in [2.05, 4.69) is 20.9 Å². The fourth-order valence-corrected chi connectivity index (χ4v) is 5.16. The van der Waals surface area contributed by atoms with Gasteiger partial charge in [0, 0.05) is 10.9 Å². The van der Waals surface area contributed by atoms with Crippen LogP contribution in [0.25, 0.3) is 10.9 Å². The molecule has 1 aromatic heterocycles. The standard InChI is InChI=1S/C30H38N4O3/c1-19-25-5-3-4-6-26(25)33-28(19)30(36)34-27(14-9-21-7-8-21)29(35)32-20(2)22-10-12-23(13-11-22)37-24-15-17-31-18-16-24/h3-6,10-13,20-21,24,27,31,33H,7-9,14-18H2,1-2H3,(H,32,35)(H,34,36)/t20?,27-/m0/s1. The van der Waals surface area contributed by atoms with Crippen molar-refractivity contribution in [3.05, 3.63) is 65.4 Å². The lowest BCUT2D eigenvalue weighted by atomic mass is 10.0. The van der Waals surface area contributed by atoms with E-state index in [0.29, 0.717) is 18.0 Å². The molecule has 1 aliphatic carbocycles. The van der Waals surface area contributed by atoms with E-state index in [-0.39, 0.29) is 24.0 Å². The summed E-state index contributed by atoms with van der Waals surface area (Å²) in [6.45, 7) is 5.89. The molecule has 1 unspecified atom stereocenters. The first kappa shape index (κ1) is 25.3. The minimum Gasteiger partial charge on any atom is -0.490 e. The maximum atomic E-state index is 13.3. The second-order valence-corrected chi connectivity index (χ2v) is 10.6. The molecule has 4 N–H and O–H groups in total. The second kappa shape index (κ2) is 11.4. The quantitative estimate of drug-likeness (QED) is 0.321. The molecule has 7 heteroatoms. The van der Waals surface area contributed by atoms with E-state index in [9.17, 15) is 9.59 Å². The summed E-state index contributed by atoms with van der Waals surface area (Å²) < 4.78 is 6.11. The number of amides is 2. The van der Waals surface area contributed by atoms with Crippen LogP contribution in [-0.4, -0.2) is 42.0 Å². The number of hydrogen-bond donors (Lipinski definition) is 4. The zero-order valence-corrected chi connectivity index (χ0v) is 21.8. The third kappa shape index (κ3) is 6.34. The van der Waals surface area contributed by atoms with Crippen LogP contribution in [0.2, 0.25) is 0 Å². The fraction of sp³-hybridized carbons (Fsp3) is 0.467. The molecule has 196 valence electrons. The van der Waals surface area contributed by atoms with Gasteiger partial charge < -0.3 is 25.7 Å². The molecule has 2 aliphatic rings. The molecule has 37 heavy (non-hydrogen) atoms. The van der Waals surface area contributed by atoms with E-state index in [1.807, 2.05) is 62.4 Å². The number of carbonyl (C=O) groups excluding carboxylic acids is 2. The lowest BCUT2D eigenvalue weighted by Crippen LogP contribution is -2.47. The van der Waals surface area contributed by atoms with Gasteiger partial charge in [0.2, 0.25) is 5.91 Å². The van der Waals surface area contributed by atoms with Gasteiger partial charge in [0.25, 0.3) is 5.91 Å². The number of aromatic amines is 1. The molecule has 2 heterocycles. The molecule has 7 nitrogen and oxygen atoms in total. The van der Waals surface area contributed by atoms with E-state index >= 15 is 0 Å². The van der Waals surface area contributed by atoms with Gasteiger partial charge in [-0.15, -0.1) is 0 Å². The zero-order valence-electron chi connectivity index (χ0n) is 21.8. The van der Waals surface area contributed by atoms with Crippen molar-refractivity contribution in [3.63, 3.8) is 0 Å². The van der Waals surface area contributed by atoms with Gasteiger partial charge in [0.1, 0.15) is 23.6 Å². The summed E-state index contributed by atoms with van der Waals surface area (Å²) in [5.74, 6) is 1.14. The van der Waals surface area contributed by atoms with Gasteiger partial charge in [-0.25, -0.2) is 0 Å². The van der Waals surface area contributed by atoms with Crippen LogP contribution < -0.4 is 20.7 Å². The van der Waals surface area contributed by atoms with E-state index in [1.54, 1.807) is 0 Å². The lowest BCUT2D eigenvalue weighted by molar-refractivity contribution is -0.123. The summed E-state index contributed by atoms with van der Waals surface area (Å²) in [7, 11) is 0. The summed E-state index contributed by atoms with van der Waals surface area (Å²) in [5, 5.41) is 10.5. The van der Waals surface area contributed by atoms with Crippen LogP contribution >= 0.6 is 0 Å². The van der Waals surface area contributed by atoms with E-state index in [0.717, 1.165) is 60.1 Å². The van der Waals surface area contributed by atoms with Crippen molar-refractivity contribution in [2.45, 2.75) is 70.6 Å². The molecule has 1 saturated heterocycles. The number of nitrogens with one attached hydrogen (secondary N) is 4. The predicted octanol–water partition coefficient (Wildman–Crippen LogP) is 4.77. The van der Waals surface area contributed by atoms with Crippen molar-refractivity contribution < 1.29 is 14.3 Å². The maximum absolute atomic E-state index is 13.3.